The summed E-state index contributed by atoms with van der Waals surface area (Å²) in [4.78, 5) is 26.8. The number of rotatable bonds is 3. The maximum absolute atomic E-state index is 11.9. The van der Waals surface area contributed by atoms with Crippen molar-refractivity contribution in [1.29, 1.82) is 0 Å². The first-order valence-corrected chi connectivity index (χ1v) is 6.01. The first-order valence-electron chi connectivity index (χ1n) is 5.13. The molecule has 0 aliphatic heterocycles. The highest BCUT2D eigenvalue weighted by molar-refractivity contribution is 7.13. The number of aromatic nitrogens is 1. The van der Waals surface area contributed by atoms with Crippen LogP contribution >= 0.6 is 11.3 Å². The van der Waals surface area contributed by atoms with Crippen LogP contribution < -0.4 is 5.32 Å². The Morgan fingerprint density at radius 2 is 2.06 bits per heavy atom. The lowest BCUT2D eigenvalue weighted by atomic mass is 10.1. The summed E-state index contributed by atoms with van der Waals surface area (Å²) in [5.74, 6) is -1.43. The van der Waals surface area contributed by atoms with Crippen molar-refractivity contribution in [1.82, 2.24) is 4.98 Å². The molecule has 0 saturated carbocycles. The number of nitrogens with zero attached hydrogens (tertiary/aromatic N) is 1. The summed E-state index contributed by atoms with van der Waals surface area (Å²) >= 11 is 1.32. The molecule has 2 N–H and O–H groups in total. The number of thiazole rings is 1. The minimum atomic E-state index is -1.06. The van der Waals surface area contributed by atoms with Gasteiger partial charge in [-0.25, -0.2) is 9.78 Å². The van der Waals surface area contributed by atoms with Gasteiger partial charge in [-0.2, -0.15) is 0 Å². The highest BCUT2D eigenvalue weighted by Gasteiger charge is 2.10. The Labute approximate surface area is 107 Å². The van der Waals surface area contributed by atoms with Gasteiger partial charge in [-0.05, 0) is 25.1 Å². The molecule has 92 valence electrons. The summed E-state index contributed by atoms with van der Waals surface area (Å²) in [6.45, 7) is 1.83. The Balaban J connectivity index is 2.18. The van der Waals surface area contributed by atoms with Crippen LogP contribution in [-0.4, -0.2) is 22.0 Å². The van der Waals surface area contributed by atoms with Gasteiger partial charge in [0, 0.05) is 10.9 Å². The van der Waals surface area contributed by atoms with E-state index in [1.807, 2.05) is 12.3 Å². The zero-order valence-electron chi connectivity index (χ0n) is 9.51. The number of aromatic carboxylic acids is 1. The molecule has 0 aliphatic carbocycles. The van der Waals surface area contributed by atoms with Crippen LogP contribution in [0.2, 0.25) is 0 Å². The smallest absolute Gasteiger partial charge is 0.335 e. The molecule has 0 bridgehead atoms. The average Bonchev–Trinajstić information content (AvgIpc) is 2.75. The number of hydrogen-bond acceptors (Lipinski definition) is 4. The SMILES string of the molecule is Cc1csc(NC(=O)c2cccc(C(=O)O)c2)n1. The van der Waals surface area contributed by atoms with Crippen LogP contribution in [0.1, 0.15) is 26.4 Å². The number of anilines is 1. The van der Waals surface area contributed by atoms with Gasteiger partial charge in [-0.1, -0.05) is 6.07 Å². The Morgan fingerprint density at radius 3 is 2.67 bits per heavy atom. The number of aryl methyl sites for hydroxylation is 1. The molecule has 0 aliphatic rings. The molecule has 5 nitrogen and oxygen atoms in total. The number of benzene rings is 1. The molecule has 2 aromatic rings. The zero-order valence-corrected chi connectivity index (χ0v) is 10.3. The van der Waals surface area contributed by atoms with Gasteiger partial charge in [-0.15, -0.1) is 11.3 Å². The van der Waals surface area contributed by atoms with E-state index in [2.05, 4.69) is 10.3 Å². The Bertz CT molecular complexity index is 607. The van der Waals surface area contributed by atoms with Gasteiger partial charge in [0.25, 0.3) is 5.91 Å². The predicted molar refractivity (Wildman–Crippen MR) is 68.2 cm³/mol. The van der Waals surface area contributed by atoms with E-state index in [0.29, 0.717) is 10.7 Å². The maximum atomic E-state index is 11.9. The van der Waals surface area contributed by atoms with E-state index in [1.165, 1.54) is 29.5 Å². The highest BCUT2D eigenvalue weighted by atomic mass is 32.1. The lowest BCUT2D eigenvalue weighted by molar-refractivity contribution is 0.0697. The van der Waals surface area contributed by atoms with Gasteiger partial charge in [-0.3, -0.25) is 10.1 Å². The maximum Gasteiger partial charge on any atom is 0.335 e. The summed E-state index contributed by atoms with van der Waals surface area (Å²) in [5.41, 5.74) is 1.20. The quantitative estimate of drug-likeness (QED) is 0.890. The lowest BCUT2D eigenvalue weighted by Crippen LogP contribution is -2.12. The molecule has 18 heavy (non-hydrogen) atoms. The van der Waals surface area contributed by atoms with Crippen molar-refractivity contribution in [3.63, 3.8) is 0 Å². The third-order valence-electron chi connectivity index (χ3n) is 2.21. The Kier molecular flexibility index (Phi) is 3.38. The van der Waals surface area contributed by atoms with E-state index in [0.717, 1.165) is 5.69 Å². The van der Waals surface area contributed by atoms with Crippen molar-refractivity contribution in [3.8, 4) is 0 Å². The second-order valence-electron chi connectivity index (χ2n) is 3.63. The molecule has 1 aromatic heterocycles. The van der Waals surface area contributed by atoms with Crippen LogP contribution in [0.5, 0.6) is 0 Å². The normalized spacial score (nSPS) is 10.1. The Morgan fingerprint density at radius 1 is 1.33 bits per heavy atom. The van der Waals surface area contributed by atoms with Crippen molar-refractivity contribution in [2.75, 3.05) is 5.32 Å². The number of carboxylic acid groups (broad SMARTS) is 1. The lowest BCUT2D eigenvalue weighted by Gasteiger charge is -2.02. The van der Waals surface area contributed by atoms with Crippen molar-refractivity contribution < 1.29 is 14.7 Å². The zero-order chi connectivity index (χ0) is 13.1. The summed E-state index contributed by atoms with van der Waals surface area (Å²) in [6, 6.07) is 5.86. The van der Waals surface area contributed by atoms with Crippen LogP contribution in [0.3, 0.4) is 0 Å². The highest BCUT2D eigenvalue weighted by Crippen LogP contribution is 2.16. The monoisotopic (exact) mass is 262 g/mol. The van der Waals surface area contributed by atoms with Crippen molar-refractivity contribution in [3.05, 3.63) is 46.5 Å². The summed E-state index contributed by atoms with van der Waals surface area (Å²) < 4.78 is 0. The van der Waals surface area contributed by atoms with Crippen molar-refractivity contribution in [2.45, 2.75) is 6.92 Å². The van der Waals surface area contributed by atoms with Gasteiger partial charge >= 0.3 is 5.97 Å². The number of amides is 1. The Hall–Kier alpha value is -2.21. The van der Waals surface area contributed by atoms with Crippen LogP contribution in [0.15, 0.2) is 29.6 Å². The first kappa shape index (κ1) is 12.3. The van der Waals surface area contributed by atoms with Crippen LogP contribution in [-0.2, 0) is 0 Å². The molecule has 1 aromatic carbocycles. The molecule has 1 amide bonds. The summed E-state index contributed by atoms with van der Waals surface area (Å²) in [7, 11) is 0. The standard InChI is InChI=1S/C12H10N2O3S/c1-7-6-18-12(13-7)14-10(15)8-3-2-4-9(5-8)11(16)17/h2-6H,1H3,(H,16,17)(H,13,14,15). The molecular weight excluding hydrogens is 252 g/mol. The second kappa shape index (κ2) is 4.97. The first-order chi connectivity index (χ1) is 8.56. The molecule has 0 fully saturated rings. The largest absolute Gasteiger partial charge is 0.478 e. The number of carbonyl (C=O) groups excluding carboxylic acids is 1. The number of carboxylic acids is 1. The van der Waals surface area contributed by atoms with Gasteiger partial charge in [0.1, 0.15) is 0 Å². The third kappa shape index (κ3) is 2.72. The molecule has 0 saturated heterocycles. The minimum Gasteiger partial charge on any atom is -0.478 e. The fourth-order valence-corrected chi connectivity index (χ4v) is 2.06. The fraction of sp³-hybridized carbons (Fsp3) is 0.0833. The van der Waals surface area contributed by atoms with Gasteiger partial charge in [0.2, 0.25) is 0 Å². The summed E-state index contributed by atoms with van der Waals surface area (Å²) in [5, 5.41) is 13.8. The van der Waals surface area contributed by atoms with Gasteiger partial charge in [0.05, 0.1) is 11.3 Å². The van der Waals surface area contributed by atoms with Gasteiger partial charge < -0.3 is 5.11 Å². The number of hydrogen-bond donors (Lipinski definition) is 2. The molecule has 0 atom stereocenters. The van der Waals surface area contributed by atoms with Crippen molar-refractivity contribution >= 4 is 28.3 Å². The second-order valence-corrected chi connectivity index (χ2v) is 4.49. The van der Waals surface area contributed by atoms with Crippen LogP contribution in [0, 0.1) is 6.92 Å². The average molecular weight is 262 g/mol. The molecule has 6 heteroatoms. The van der Waals surface area contributed by atoms with E-state index >= 15 is 0 Å². The third-order valence-corrected chi connectivity index (χ3v) is 3.09. The van der Waals surface area contributed by atoms with Crippen molar-refractivity contribution in [2.24, 2.45) is 0 Å². The van der Waals surface area contributed by atoms with Crippen LogP contribution in [0.4, 0.5) is 5.13 Å². The van der Waals surface area contributed by atoms with Crippen LogP contribution in [0.25, 0.3) is 0 Å². The van der Waals surface area contributed by atoms with E-state index in [9.17, 15) is 9.59 Å². The summed E-state index contributed by atoms with van der Waals surface area (Å²) in [6.07, 6.45) is 0. The molecule has 0 radical (unpaired) electrons. The van der Waals surface area contributed by atoms with E-state index in [4.69, 9.17) is 5.11 Å². The van der Waals surface area contributed by atoms with E-state index in [1.54, 1.807) is 6.07 Å². The molecular formula is C12H10N2O3S. The predicted octanol–water partition coefficient (Wildman–Crippen LogP) is 2.40. The molecule has 2 rings (SSSR count). The number of carbonyl (C=O) groups is 2. The number of nitrogens with one attached hydrogen (secondary N) is 1. The fourth-order valence-electron chi connectivity index (χ4n) is 1.37. The molecule has 0 unspecified atom stereocenters. The van der Waals surface area contributed by atoms with Gasteiger partial charge in [0.15, 0.2) is 5.13 Å². The molecule has 1 heterocycles. The van der Waals surface area contributed by atoms with E-state index < -0.39 is 5.97 Å². The molecule has 0 spiro atoms. The topological polar surface area (TPSA) is 79.3 Å². The minimum absolute atomic E-state index is 0.0815. The van der Waals surface area contributed by atoms with E-state index in [-0.39, 0.29) is 11.5 Å².